The van der Waals surface area contributed by atoms with Crippen LogP contribution in [0.1, 0.15) is 11.3 Å². The third-order valence-corrected chi connectivity index (χ3v) is 4.78. The second-order valence-electron chi connectivity index (χ2n) is 7.15. The van der Waals surface area contributed by atoms with Crippen LogP contribution in [0, 0.1) is 10.1 Å². The van der Waals surface area contributed by atoms with Crippen molar-refractivity contribution in [2.24, 2.45) is 0 Å². The number of hydrogen-bond donors (Lipinski definition) is 1. The monoisotopic (exact) mass is 463 g/mol. The first-order valence-corrected chi connectivity index (χ1v) is 9.59. The molecule has 0 aliphatic carbocycles. The number of fused-ring (bicyclic) bond motifs is 1. The van der Waals surface area contributed by atoms with E-state index < -0.39 is 28.9 Å². The van der Waals surface area contributed by atoms with Gasteiger partial charge < -0.3 is 24.9 Å². The van der Waals surface area contributed by atoms with Crippen molar-refractivity contribution in [3.05, 3.63) is 70.2 Å². The van der Waals surface area contributed by atoms with Crippen LogP contribution in [0.25, 0.3) is 11.1 Å². The number of imidazole rings is 1. The van der Waals surface area contributed by atoms with E-state index in [-0.39, 0.29) is 31.6 Å². The third kappa shape index (κ3) is 5.19. The third-order valence-electron chi connectivity index (χ3n) is 4.78. The Balaban J connectivity index is 1.28. The molecule has 2 aromatic heterocycles. The van der Waals surface area contributed by atoms with Gasteiger partial charge in [-0.15, -0.1) is 0 Å². The van der Waals surface area contributed by atoms with E-state index in [4.69, 9.17) is 9.47 Å². The van der Waals surface area contributed by atoms with Crippen molar-refractivity contribution in [1.82, 2.24) is 19.9 Å². The second kappa shape index (κ2) is 8.76. The lowest BCUT2D eigenvalue weighted by molar-refractivity contribution is -0.389. The molecule has 0 spiro atoms. The molecule has 33 heavy (non-hydrogen) atoms. The average molecular weight is 463 g/mol. The summed E-state index contributed by atoms with van der Waals surface area (Å²) in [6.07, 6.45) is -2.82. The molecule has 0 fully saturated rings. The molecule has 1 aliphatic heterocycles. The smallest absolute Gasteiger partial charge is 0.433 e. The summed E-state index contributed by atoms with van der Waals surface area (Å²) in [5, 5.41) is 13.4. The molecular formula is C20H16F3N5O5. The Morgan fingerprint density at radius 3 is 2.61 bits per heavy atom. The fraction of sp³-hybridized carbons (Fsp3) is 0.250. The largest absolute Gasteiger partial charge is 0.445 e. The Morgan fingerprint density at radius 1 is 1.24 bits per heavy atom. The van der Waals surface area contributed by atoms with Gasteiger partial charge >= 0.3 is 24.1 Å². The molecule has 3 heterocycles. The van der Waals surface area contributed by atoms with Gasteiger partial charge in [0.15, 0.2) is 0 Å². The van der Waals surface area contributed by atoms with E-state index >= 15 is 0 Å². The molecule has 0 unspecified atom stereocenters. The van der Waals surface area contributed by atoms with Crippen LogP contribution >= 0.6 is 0 Å². The summed E-state index contributed by atoms with van der Waals surface area (Å²) in [6, 6.07) is 8.62. The predicted octanol–water partition coefficient (Wildman–Crippen LogP) is 3.56. The molecule has 0 bridgehead atoms. The molecule has 3 aromatic rings. The highest BCUT2D eigenvalue weighted by Crippen LogP contribution is 2.29. The molecule has 0 radical (unpaired) electrons. The second-order valence-corrected chi connectivity index (χ2v) is 7.15. The number of nitrogens with one attached hydrogen (secondary N) is 1. The molecule has 172 valence electrons. The van der Waals surface area contributed by atoms with Crippen molar-refractivity contribution < 1.29 is 32.4 Å². The predicted molar refractivity (Wildman–Crippen MR) is 106 cm³/mol. The molecule has 1 aliphatic rings. The Hall–Kier alpha value is -4.16. The molecule has 13 heteroatoms. The normalized spacial score (nSPS) is 15.3. The number of halogens is 3. The van der Waals surface area contributed by atoms with Crippen molar-refractivity contribution in [2.45, 2.75) is 25.4 Å². The minimum absolute atomic E-state index is 0.0350. The number of alkyl halides is 3. The van der Waals surface area contributed by atoms with E-state index in [1.807, 2.05) is 0 Å². The minimum atomic E-state index is -4.50. The van der Waals surface area contributed by atoms with Crippen LogP contribution in [0.4, 0.5) is 23.8 Å². The molecule has 1 aromatic carbocycles. The van der Waals surface area contributed by atoms with Crippen LogP contribution in [0.3, 0.4) is 0 Å². The zero-order valence-electron chi connectivity index (χ0n) is 16.8. The van der Waals surface area contributed by atoms with Crippen LogP contribution in [0.15, 0.2) is 48.8 Å². The Kier molecular flexibility index (Phi) is 5.85. The number of amides is 1. The zero-order chi connectivity index (χ0) is 23.6. The highest BCUT2D eigenvalue weighted by atomic mass is 19.4. The number of alkyl carbamates (subject to hydrolysis) is 1. The van der Waals surface area contributed by atoms with Gasteiger partial charge in [0, 0.05) is 16.7 Å². The summed E-state index contributed by atoms with van der Waals surface area (Å²) in [7, 11) is 0. The number of rotatable bonds is 5. The van der Waals surface area contributed by atoms with E-state index in [9.17, 15) is 28.1 Å². The summed E-state index contributed by atoms with van der Waals surface area (Å²) < 4.78 is 49.8. The van der Waals surface area contributed by atoms with Crippen molar-refractivity contribution in [3.8, 4) is 17.1 Å². The molecule has 10 nitrogen and oxygen atoms in total. The van der Waals surface area contributed by atoms with Crippen molar-refractivity contribution in [2.75, 3.05) is 6.61 Å². The first-order valence-electron chi connectivity index (χ1n) is 9.59. The summed E-state index contributed by atoms with van der Waals surface area (Å²) in [6.45, 7) is 0.285. The SMILES string of the molecule is O=C(N[C@@H]1COc2nc([N+](=O)[O-])cn2C1)OCc1ccc(-c2ccc(C(F)(F)F)nc2)cc1. The Labute approximate surface area is 184 Å². The highest BCUT2D eigenvalue weighted by Gasteiger charge is 2.32. The fourth-order valence-corrected chi connectivity index (χ4v) is 3.16. The van der Waals surface area contributed by atoms with Crippen LogP contribution < -0.4 is 10.1 Å². The molecule has 0 saturated heterocycles. The van der Waals surface area contributed by atoms with Gasteiger partial charge in [0.1, 0.15) is 25.1 Å². The zero-order valence-corrected chi connectivity index (χ0v) is 16.8. The fourth-order valence-electron chi connectivity index (χ4n) is 3.16. The molecule has 0 saturated carbocycles. The maximum Gasteiger partial charge on any atom is 0.433 e. The van der Waals surface area contributed by atoms with Gasteiger partial charge in [0.2, 0.25) is 0 Å². The van der Waals surface area contributed by atoms with Crippen molar-refractivity contribution >= 4 is 11.9 Å². The number of pyridine rings is 1. The van der Waals surface area contributed by atoms with Crippen LogP contribution in [0.2, 0.25) is 0 Å². The summed E-state index contributed by atoms with van der Waals surface area (Å²) in [5.41, 5.74) is 0.882. The first kappa shape index (κ1) is 22.0. The lowest BCUT2D eigenvalue weighted by Crippen LogP contribution is -2.44. The van der Waals surface area contributed by atoms with Gasteiger partial charge in [-0.05, 0) is 22.1 Å². The van der Waals surface area contributed by atoms with E-state index in [0.29, 0.717) is 16.7 Å². The van der Waals surface area contributed by atoms with E-state index in [1.54, 1.807) is 24.3 Å². The topological polar surface area (TPSA) is 121 Å². The standard InChI is InChI=1S/C20H16F3N5O5/c21-20(22,23)16-6-5-14(7-24-16)13-3-1-12(2-4-13)10-33-19(29)25-15-8-27-9-17(28(30)31)26-18(27)32-11-15/h1-7,9,15H,8,10-11H2,(H,25,29)/t15-/m0/s1. The van der Waals surface area contributed by atoms with Crippen LogP contribution in [-0.2, 0) is 24.1 Å². The summed E-state index contributed by atoms with van der Waals surface area (Å²) >= 11 is 0. The lowest BCUT2D eigenvalue weighted by Gasteiger charge is -2.22. The summed E-state index contributed by atoms with van der Waals surface area (Å²) in [5.74, 6) is -0.344. The number of ether oxygens (including phenoxy) is 2. The number of nitro groups is 1. The molecular weight excluding hydrogens is 447 g/mol. The molecule has 1 atom stereocenters. The van der Waals surface area contributed by atoms with Gasteiger partial charge in [0.25, 0.3) is 0 Å². The Morgan fingerprint density at radius 2 is 1.97 bits per heavy atom. The highest BCUT2D eigenvalue weighted by molar-refractivity contribution is 5.68. The van der Waals surface area contributed by atoms with E-state index in [0.717, 1.165) is 12.3 Å². The van der Waals surface area contributed by atoms with Crippen LogP contribution in [-0.4, -0.2) is 38.2 Å². The summed E-state index contributed by atoms with van der Waals surface area (Å²) in [4.78, 5) is 29.4. The van der Waals surface area contributed by atoms with E-state index in [2.05, 4.69) is 15.3 Å². The number of aromatic nitrogens is 3. The quantitative estimate of drug-likeness (QED) is 0.454. The maximum absolute atomic E-state index is 12.6. The number of nitrogens with zero attached hydrogens (tertiary/aromatic N) is 4. The molecule has 4 rings (SSSR count). The Bertz CT molecular complexity index is 1160. The van der Waals surface area contributed by atoms with Crippen molar-refractivity contribution in [1.29, 1.82) is 0 Å². The number of benzene rings is 1. The lowest BCUT2D eigenvalue weighted by atomic mass is 10.1. The maximum atomic E-state index is 12.6. The van der Waals surface area contributed by atoms with Gasteiger partial charge in [-0.3, -0.25) is 9.55 Å². The van der Waals surface area contributed by atoms with Crippen LogP contribution in [0.5, 0.6) is 6.01 Å². The minimum Gasteiger partial charge on any atom is -0.445 e. The van der Waals surface area contributed by atoms with Gasteiger partial charge in [0.05, 0.1) is 12.6 Å². The van der Waals surface area contributed by atoms with Gasteiger partial charge in [-0.2, -0.15) is 13.2 Å². The van der Waals surface area contributed by atoms with Gasteiger partial charge in [-0.1, -0.05) is 30.3 Å². The number of carbonyl (C=O) groups is 1. The van der Waals surface area contributed by atoms with Gasteiger partial charge in [-0.25, -0.2) is 4.79 Å². The number of carbonyl (C=O) groups excluding carboxylic acids is 1. The number of hydrogen-bond acceptors (Lipinski definition) is 7. The average Bonchev–Trinajstić information content (AvgIpc) is 3.21. The molecule has 1 amide bonds. The van der Waals surface area contributed by atoms with Crippen molar-refractivity contribution in [3.63, 3.8) is 0 Å². The molecule has 1 N–H and O–H groups in total. The van der Waals surface area contributed by atoms with E-state index in [1.165, 1.54) is 16.8 Å². The first-order chi connectivity index (χ1) is 15.7.